The van der Waals surface area contributed by atoms with Gasteiger partial charge in [0.25, 0.3) is 0 Å². The Morgan fingerprint density at radius 1 is 1.14 bits per heavy atom. The van der Waals surface area contributed by atoms with E-state index in [2.05, 4.69) is 10.6 Å². The normalized spacial score (nSPS) is 29.8. The van der Waals surface area contributed by atoms with Crippen LogP contribution in [0.5, 0.6) is 0 Å². The third-order valence-electron chi connectivity index (χ3n) is 6.33. The van der Waals surface area contributed by atoms with Crippen LogP contribution in [-0.2, 0) is 34.2 Å². The van der Waals surface area contributed by atoms with Crippen LogP contribution in [0.4, 0.5) is 5.69 Å². The molecule has 0 unspecified atom stereocenters. The molecule has 1 aliphatic carbocycles. The molecule has 3 atom stereocenters. The zero-order chi connectivity index (χ0) is 20.3. The number of aryl methyl sites for hydroxylation is 1. The fourth-order valence-corrected chi connectivity index (χ4v) is 5.21. The number of esters is 2. The zero-order valence-corrected chi connectivity index (χ0v) is 16.0. The number of methoxy groups -OCH3 is 2. The number of hydrogen-bond donors (Lipinski definition) is 2. The molecule has 1 saturated carbocycles. The van der Waals surface area contributed by atoms with Crippen LogP contribution in [0.25, 0.3) is 0 Å². The predicted molar refractivity (Wildman–Crippen MR) is 97.2 cm³/mol. The first kappa shape index (κ1) is 18.6. The quantitative estimate of drug-likeness (QED) is 0.572. The summed E-state index contributed by atoms with van der Waals surface area (Å²) >= 11 is 0. The maximum atomic E-state index is 13.2. The molecule has 8 heteroatoms. The van der Waals surface area contributed by atoms with Gasteiger partial charge in [-0.15, -0.1) is 0 Å². The standard InChI is InChI=1S/C20H22N2O6/c1-10-7-8-13-12(9-10)19(16(24)21-13)15-11(5-4-6-14(15)23)20(22-19,17(25)27-2)18(26)28-3/h7-9,11,15,22H,4-6H2,1-3H3,(H,21,24)/t11-,15-,19+/m1/s1. The molecule has 4 rings (SSSR count). The van der Waals surface area contributed by atoms with Gasteiger partial charge in [-0.25, -0.2) is 9.59 Å². The van der Waals surface area contributed by atoms with Gasteiger partial charge in [0.15, 0.2) is 0 Å². The lowest BCUT2D eigenvalue weighted by Crippen LogP contribution is -2.63. The molecule has 3 aliphatic rings. The zero-order valence-electron chi connectivity index (χ0n) is 16.0. The minimum atomic E-state index is -1.92. The summed E-state index contributed by atoms with van der Waals surface area (Å²) in [7, 11) is 2.35. The Kier molecular flexibility index (Phi) is 4.08. The van der Waals surface area contributed by atoms with E-state index in [1.165, 1.54) is 14.2 Å². The molecular weight excluding hydrogens is 364 g/mol. The van der Waals surface area contributed by atoms with Gasteiger partial charge >= 0.3 is 11.9 Å². The number of rotatable bonds is 2. The Labute approximate surface area is 161 Å². The van der Waals surface area contributed by atoms with Gasteiger partial charge < -0.3 is 14.8 Å². The van der Waals surface area contributed by atoms with Crippen LogP contribution in [0.15, 0.2) is 18.2 Å². The lowest BCUT2D eigenvalue weighted by molar-refractivity contribution is -0.166. The Morgan fingerprint density at radius 3 is 2.46 bits per heavy atom. The third-order valence-corrected chi connectivity index (χ3v) is 6.33. The fourth-order valence-electron chi connectivity index (χ4n) is 5.21. The van der Waals surface area contributed by atoms with E-state index in [-0.39, 0.29) is 12.2 Å². The van der Waals surface area contributed by atoms with E-state index in [9.17, 15) is 19.2 Å². The number of benzene rings is 1. The summed E-state index contributed by atoms with van der Waals surface area (Å²) in [6.07, 6.45) is 1.23. The second-order valence-electron chi connectivity index (χ2n) is 7.67. The summed E-state index contributed by atoms with van der Waals surface area (Å²) in [5.41, 5.74) is -1.42. The van der Waals surface area contributed by atoms with Gasteiger partial charge in [0.2, 0.25) is 11.4 Å². The molecule has 1 aromatic rings. The molecule has 2 aliphatic heterocycles. The molecule has 1 amide bonds. The van der Waals surface area contributed by atoms with E-state index in [4.69, 9.17) is 9.47 Å². The molecule has 0 aromatic heterocycles. The number of amides is 1. The van der Waals surface area contributed by atoms with Crippen molar-refractivity contribution in [2.24, 2.45) is 11.8 Å². The summed E-state index contributed by atoms with van der Waals surface area (Å²) in [5, 5.41) is 5.81. The van der Waals surface area contributed by atoms with Gasteiger partial charge in [-0.3, -0.25) is 14.9 Å². The number of ketones is 1. The Hall–Kier alpha value is -2.74. The SMILES string of the molecule is COC(=O)C1(C(=O)OC)N[C@]2(C(=O)Nc3ccc(C)cc32)[C@H]2C(=O)CCC[C@H]21. The summed E-state index contributed by atoms with van der Waals surface area (Å²) in [5.74, 6) is -3.92. The second kappa shape index (κ2) is 6.13. The Morgan fingerprint density at radius 2 is 1.82 bits per heavy atom. The average Bonchev–Trinajstić information content (AvgIpc) is 3.16. The summed E-state index contributed by atoms with van der Waals surface area (Å²) in [4.78, 5) is 52.1. The van der Waals surface area contributed by atoms with E-state index in [0.717, 1.165) is 5.56 Å². The fraction of sp³-hybridized carbons (Fsp3) is 0.500. The molecule has 2 heterocycles. The number of ether oxygens (including phenoxy) is 2. The number of anilines is 1. The third kappa shape index (κ3) is 2.09. The van der Waals surface area contributed by atoms with E-state index in [1.807, 2.05) is 19.1 Å². The van der Waals surface area contributed by atoms with Crippen LogP contribution in [0.3, 0.4) is 0 Å². The first-order valence-corrected chi connectivity index (χ1v) is 9.24. The monoisotopic (exact) mass is 386 g/mol. The van der Waals surface area contributed by atoms with Gasteiger partial charge in [-0.2, -0.15) is 0 Å². The molecular formula is C20H22N2O6. The van der Waals surface area contributed by atoms with Gasteiger partial charge in [0.05, 0.1) is 20.1 Å². The van der Waals surface area contributed by atoms with Crippen molar-refractivity contribution in [1.82, 2.24) is 5.32 Å². The van der Waals surface area contributed by atoms with E-state index >= 15 is 0 Å². The van der Waals surface area contributed by atoms with Crippen molar-refractivity contribution in [3.8, 4) is 0 Å². The smallest absolute Gasteiger partial charge is 0.338 e. The molecule has 148 valence electrons. The average molecular weight is 386 g/mol. The van der Waals surface area contributed by atoms with Crippen molar-refractivity contribution in [2.75, 3.05) is 19.5 Å². The first-order valence-electron chi connectivity index (χ1n) is 9.24. The molecule has 2 N–H and O–H groups in total. The first-order chi connectivity index (χ1) is 13.3. The highest BCUT2D eigenvalue weighted by atomic mass is 16.5. The van der Waals surface area contributed by atoms with E-state index < -0.39 is 40.8 Å². The van der Waals surface area contributed by atoms with Crippen LogP contribution in [0.2, 0.25) is 0 Å². The van der Waals surface area contributed by atoms with Crippen LogP contribution in [-0.4, -0.2) is 43.4 Å². The molecule has 2 fully saturated rings. The van der Waals surface area contributed by atoms with Crippen molar-refractivity contribution in [3.05, 3.63) is 29.3 Å². The van der Waals surface area contributed by atoms with Crippen LogP contribution >= 0.6 is 0 Å². The van der Waals surface area contributed by atoms with Crippen LogP contribution in [0, 0.1) is 18.8 Å². The summed E-state index contributed by atoms with van der Waals surface area (Å²) in [6.45, 7) is 1.87. The van der Waals surface area contributed by atoms with Gasteiger partial charge in [-0.1, -0.05) is 17.7 Å². The lowest BCUT2D eigenvalue weighted by atomic mass is 9.65. The minimum Gasteiger partial charge on any atom is -0.467 e. The Bertz CT molecular complexity index is 894. The van der Waals surface area contributed by atoms with Crippen molar-refractivity contribution in [2.45, 2.75) is 37.3 Å². The highest BCUT2D eigenvalue weighted by molar-refractivity contribution is 6.14. The maximum absolute atomic E-state index is 13.2. The molecule has 1 aromatic carbocycles. The number of Topliss-reactive ketones (excluding diaryl/α,β-unsaturated/α-hetero) is 1. The topological polar surface area (TPSA) is 111 Å². The van der Waals surface area contributed by atoms with Crippen LogP contribution in [0.1, 0.15) is 30.4 Å². The molecule has 1 spiro atoms. The number of nitrogens with one attached hydrogen (secondary N) is 2. The number of hydrogen-bond acceptors (Lipinski definition) is 7. The largest absolute Gasteiger partial charge is 0.467 e. The Balaban J connectivity index is 2.01. The second-order valence-corrected chi connectivity index (χ2v) is 7.67. The maximum Gasteiger partial charge on any atom is 0.338 e. The number of carbonyl (C=O) groups is 4. The highest BCUT2D eigenvalue weighted by Crippen LogP contribution is 2.56. The van der Waals surface area contributed by atoms with Gasteiger partial charge in [0, 0.05) is 23.6 Å². The molecule has 1 saturated heterocycles. The highest BCUT2D eigenvalue weighted by Gasteiger charge is 2.75. The van der Waals surface area contributed by atoms with Crippen molar-refractivity contribution < 1.29 is 28.7 Å². The van der Waals surface area contributed by atoms with Gasteiger partial charge in [0.1, 0.15) is 11.3 Å². The summed E-state index contributed by atoms with van der Waals surface area (Å²) in [6, 6.07) is 5.42. The lowest BCUT2D eigenvalue weighted by Gasteiger charge is -2.34. The summed E-state index contributed by atoms with van der Waals surface area (Å²) < 4.78 is 9.90. The molecule has 28 heavy (non-hydrogen) atoms. The number of fused-ring (bicyclic) bond motifs is 4. The predicted octanol–water partition coefficient (Wildman–Crippen LogP) is 0.816. The van der Waals surface area contributed by atoms with Crippen molar-refractivity contribution >= 4 is 29.3 Å². The van der Waals surface area contributed by atoms with Crippen LogP contribution < -0.4 is 10.6 Å². The van der Waals surface area contributed by atoms with Crippen molar-refractivity contribution in [3.63, 3.8) is 0 Å². The number of carbonyl (C=O) groups excluding carboxylic acids is 4. The van der Waals surface area contributed by atoms with E-state index in [0.29, 0.717) is 24.1 Å². The molecule has 0 bridgehead atoms. The molecule has 0 radical (unpaired) electrons. The molecule has 8 nitrogen and oxygen atoms in total. The minimum absolute atomic E-state index is 0.150. The van der Waals surface area contributed by atoms with E-state index in [1.54, 1.807) is 6.07 Å². The van der Waals surface area contributed by atoms with Gasteiger partial charge in [-0.05, 0) is 25.8 Å². The van der Waals surface area contributed by atoms with Crippen molar-refractivity contribution in [1.29, 1.82) is 0 Å².